The number of hydrogen-bond acceptors (Lipinski definition) is 2. The van der Waals surface area contributed by atoms with Crippen LogP contribution in [-0.4, -0.2) is 18.5 Å². The summed E-state index contributed by atoms with van der Waals surface area (Å²) in [6.45, 7) is 3.97. The van der Waals surface area contributed by atoms with Crippen molar-refractivity contribution in [1.82, 2.24) is 4.90 Å². The lowest BCUT2D eigenvalue weighted by Gasteiger charge is -2.26. The van der Waals surface area contributed by atoms with Gasteiger partial charge < -0.3 is 10.6 Å². The number of benzene rings is 2. The second-order valence-corrected chi connectivity index (χ2v) is 6.11. The Hall–Kier alpha value is -1.35. The zero-order valence-electron chi connectivity index (χ0n) is 12.7. The third-order valence-corrected chi connectivity index (χ3v) is 4.16. The molecule has 0 aliphatic rings. The molecule has 0 radical (unpaired) electrons. The Balaban J connectivity index is 1.93. The summed E-state index contributed by atoms with van der Waals surface area (Å²) < 4.78 is 0. The lowest BCUT2D eigenvalue weighted by Crippen LogP contribution is -2.30. The normalized spacial score (nSPS) is 14.1. The van der Waals surface area contributed by atoms with Gasteiger partial charge in [-0.1, -0.05) is 67.1 Å². The van der Waals surface area contributed by atoms with E-state index in [1.165, 1.54) is 5.56 Å². The summed E-state index contributed by atoms with van der Waals surface area (Å²) in [6, 6.07) is 18.3. The van der Waals surface area contributed by atoms with Crippen LogP contribution < -0.4 is 5.73 Å². The number of nitrogens with two attached hydrogens (primary N) is 1. The minimum Gasteiger partial charge on any atom is -0.324 e. The highest BCUT2D eigenvalue weighted by Gasteiger charge is 2.16. The van der Waals surface area contributed by atoms with Gasteiger partial charge in [-0.25, -0.2) is 0 Å². The van der Waals surface area contributed by atoms with Crippen molar-refractivity contribution in [1.29, 1.82) is 0 Å². The highest BCUT2D eigenvalue weighted by molar-refractivity contribution is 6.31. The minimum atomic E-state index is 0.0555. The lowest BCUT2D eigenvalue weighted by atomic mass is 9.95. The van der Waals surface area contributed by atoms with Gasteiger partial charge in [-0.3, -0.25) is 0 Å². The van der Waals surface area contributed by atoms with Gasteiger partial charge in [0.2, 0.25) is 0 Å². The van der Waals surface area contributed by atoms with Gasteiger partial charge >= 0.3 is 0 Å². The van der Waals surface area contributed by atoms with Crippen molar-refractivity contribution in [2.45, 2.75) is 19.5 Å². The van der Waals surface area contributed by atoms with Crippen LogP contribution in [0, 0.1) is 5.92 Å². The highest BCUT2D eigenvalue weighted by Crippen LogP contribution is 2.21. The van der Waals surface area contributed by atoms with E-state index in [1.807, 2.05) is 36.4 Å². The molecule has 2 nitrogen and oxygen atoms in total. The zero-order valence-corrected chi connectivity index (χ0v) is 13.4. The molecule has 0 spiro atoms. The molecule has 3 heteroatoms. The van der Waals surface area contributed by atoms with Crippen LogP contribution in [0.25, 0.3) is 0 Å². The van der Waals surface area contributed by atoms with Crippen LogP contribution in [0.3, 0.4) is 0 Å². The van der Waals surface area contributed by atoms with Crippen molar-refractivity contribution in [2.75, 3.05) is 13.6 Å². The van der Waals surface area contributed by atoms with Crippen molar-refractivity contribution in [3.63, 3.8) is 0 Å². The van der Waals surface area contributed by atoms with E-state index < -0.39 is 0 Å². The fourth-order valence-corrected chi connectivity index (χ4v) is 2.79. The Bertz CT molecular complexity index is 556. The van der Waals surface area contributed by atoms with E-state index in [1.54, 1.807) is 0 Å². The molecule has 0 saturated carbocycles. The molecule has 0 amide bonds. The van der Waals surface area contributed by atoms with Gasteiger partial charge in [-0.15, -0.1) is 0 Å². The molecule has 2 aromatic rings. The molecular formula is C18H23ClN2. The zero-order chi connectivity index (χ0) is 15.2. The molecule has 0 aromatic heterocycles. The maximum atomic E-state index is 6.36. The van der Waals surface area contributed by atoms with Gasteiger partial charge in [0, 0.05) is 24.2 Å². The first-order valence-corrected chi connectivity index (χ1v) is 7.68. The van der Waals surface area contributed by atoms with Gasteiger partial charge in [0.15, 0.2) is 0 Å². The molecule has 0 bridgehead atoms. The van der Waals surface area contributed by atoms with E-state index in [-0.39, 0.29) is 6.04 Å². The summed E-state index contributed by atoms with van der Waals surface area (Å²) in [5.74, 6) is 0.375. The molecule has 0 saturated heterocycles. The molecule has 2 atom stereocenters. The van der Waals surface area contributed by atoms with Crippen molar-refractivity contribution >= 4 is 11.6 Å². The van der Waals surface area contributed by atoms with Crippen LogP contribution in [0.1, 0.15) is 24.1 Å². The van der Waals surface area contributed by atoms with Crippen LogP contribution in [0.15, 0.2) is 54.6 Å². The quantitative estimate of drug-likeness (QED) is 0.870. The molecule has 2 rings (SSSR count). The highest BCUT2D eigenvalue weighted by atomic mass is 35.5. The smallest absolute Gasteiger partial charge is 0.0451 e. The van der Waals surface area contributed by atoms with Crippen LogP contribution in [0.2, 0.25) is 5.02 Å². The standard InChI is InChI=1S/C18H23ClN2/c1-14(18(20)15-8-4-3-5-9-15)12-21(2)13-16-10-6-7-11-17(16)19/h3-11,14,18H,12-13,20H2,1-2H3. The molecule has 2 aromatic carbocycles. The van der Waals surface area contributed by atoms with Crippen LogP contribution in [0.5, 0.6) is 0 Å². The Kier molecular flexibility index (Phi) is 5.80. The first-order chi connectivity index (χ1) is 10.1. The van der Waals surface area contributed by atoms with Gasteiger partial charge in [-0.2, -0.15) is 0 Å². The first kappa shape index (κ1) is 16.0. The average molecular weight is 303 g/mol. The van der Waals surface area contributed by atoms with Gasteiger partial charge in [0.1, 0.15) is 0 Å². The Morgan fingerprint density at radius 1 is 1.05 bits per heavy atom. The van der Waals surface area contributed by atoms with E-state index in [0.717, 1.165) is 23.7 Å². The van der Waals surface area contributed by atoms with Crippen molar-refractivity contribution in [2.24, 2.45) is 11.7 Å². The molecule has 112 valence electrons. The number of halogens is 1. The average Bonchev–Trinajstić information content (AvgIpc) is 2.49. The maximum Gasteiger partial charge on any atom is 0.0451 e. The molecule has 0 heterocycles. The molecule has 2 unspecified atom stereocenters. The summed E-state index contributed by atoms with van der Waals surface area (Å²) in [5, 5.41) is 0.823. The van der Waals surface area contributed by atoms with Crippen molar-refractivity contribution in [3.8, 4) is 0 Å². The van der Waals surface area contributed by atoms with Crippen LogP contribution in [-0.2, 0) is 6.54 Å². The molecule has 21 heavy (non-hydrogen) atoms. The first-order valence-electron chi connectivity index (χ1n) is 7.30. The fourth-order valence-electron chi connectivity index (χ4n) is 2.59. The fraction of sp³-hybridized carbons (Fsp3) is 0.333. The summed E-state index contributed by atoms with van der Waals surface area (Å²) in [7, 11) is 2.11. The predicted molar refractivity (Wildman–Crippen MR) is 90.3 cm³/mol. The third kappa shape index (κ3) is 4.57. The summed E-state index contributed by atoms with van der Waals surface area (Å²) in [4.78, 5) is 2.27. The number of hydrogen-bond donors (Lipinski definition) is 1. The lowest BCUT2D eigenvalue weighted by molar-refractivity contribution is 0.258. The second-order valence-electron chi connectivity index (χ2n) is 5.70. The SMILES string of the molecule is CC(CN(C)Cc1ccccc1Cl)C(N)c1ccccc1. The van der Waals surface area contributed by atoms with Crippen LogP contribution in [0.4, 0.5) is 0 Å². The Labute approximate surface area is 132 Å². The summed E-state index contributed by atoms with van der Waals surface area (Å²) in [6.07, 6.45) is 0. The van der Waals surface area contributed by atoms with Gasteiger partial charge in [-0.05, 0) is 30.2 Å². The third-order valence-electron chi connectivity index (χ3n) is 3.80. The Morgan fingerprint density at radius 2 is 1.67 bits per heavy atom. The van der Waals surface area contributed by atoms with Gasteiger partial charge in [0.05, 0.1) is 0 Å². The van der Waals surface area contributed by atoms with E-state index in [9.17, 15) is 0 Å². The van der Waals surface area contributed by atoms with E-state index in [4.69, 9.17) is 17.3 Å². The molecule has 2 N–H and O–H groups in total. The second kappa shape index (κ2) is 7.60. The molecular weight excluding hydrogens is 280 g/mol. The Morgan fingerprint density at radius 3 is 2.33 bits per heavy atom. The number of rotatable bonds is 6. The van der Waals surface area contributed by atoms with Gasteiger partial charge in [0.25, 0.3) is 0 Å². The summed E-state index contributed by atoms with van der Waals surface area (Å²) in [5.41, 5.74) is 8.70. The topological polar surface area (TPSA) is 29.3 Å². The van der Waals surface area contributed by atoms with E-state index >= 15 is 0 Å². The number of nitrogens with zero attached hydrogens (tertiary/aromatic N) is 1. The largest absolute Gasteiger partial charge is 0.324 e. The van der Waals surface area contributed by atoms with Crippen molar-refractivity contribution < 1.29 is 0 Å². The molecule has 0 aliphatic carbocycles. The summed E-state index contributed by atoms with van der Waals surface area (Å²) >= 11 is 6.21. The van der Waals surface area contributed by atoms with E-state index in [0.29, 0.717) is 5.92 Å². The van der Waals surface area contributed by atoms with Crippen molar-refractivity contribution in [3.05, 3.63) is 70.7 Å². The van der Waals surface area contributed by atoms with Crippen LogP contribution >= 0.6 is 11.6 Å². The van der Waals surface area contributed by atoms with E-state index in [2.05, 4.69) is 37.1 Å². The molecule has 0 aliphatic heterocycles. The molecule has 0 fully saturated rings. The minimum absolute atomic E-state index is 0.0555. The predicted octanol–water partition coefficient (Wildman–Crippen LogP) is 4.11. The maximum absolute atomic E-state index is 6.36. The monoisotopic (exact) mass is 302 g/mol.